The summed E-state index contributed by atoms with van der Waals surface area (Å²) in [5, 5.41) is 11.8. The third kappa shape index (κ3) is 5.21. The summed E-state index contributed by atoms with van der Waals surface area (Å²) in [5.41, 5.74) is 2.47. The Hall–Kier alpha value is -1.84. The topological polar surface area (TPSA) is 65.8 Å². The van der Waals surface area contributed by atoms with Crippen molar-refractivity contribution < 1.29 is 4.79 Å². The number of aromatic nitrogens is 1. The molecule has 2 rings (SSSR count). The first kappa shape index (κ1) is 15.5. The summed E-state index contributed by atoms with van der Waals surface area (Å²) in [4.78, 5) is 17.0. The van der Waals surface area contributed by atoms with Crippen molar-refractivity contribution >= 4 is 34.1 Å². The van der Waals surface area contributed by atoms with E-state index in [4.69, 9.17) is 5.26 Å². The van der Waals surface area contributed by atoms with Crippen molar-refractivity contribution in [3.63, 3.8) is 0 Å². The van der Waals surface area contributed by atoms with E-state index in [1.807, 2.05) is 12.1 Å². The summed E-state index contributed by atoms with van der Waals surface area (Å²) < 4.78 is 0. The van der Waals surface area contributed by atoms with Crippen LogP contribution in [0.4, 0.5) is 5.13 Å². The molecule has 0 spiro atoms. The van der Waals surface area contributed by atoms with E-state index in [9.17, 15) is 4.79 Å². The molecule has 0 saturated carbocycles. The molecule has 0 unspecified atom stereocenters. The molecule has 0 aliphatic carbocycles. The van der Waals surface area contributed by atoms with Gasteiger partial charge in [-0.1, -0.05) is 29.8 Å². The van der Waals surface area contributed by atoms with Crippen LogP contribution in [0.1, 0.15) is 16.0 Å². The number of thioether (sulfide) groups is 1. The van der Waals surface area contributed by atoms with Crippen LogP contribution < -0.4 is 5.32 Å². The molecule has 0 radical (unpaired) electrons. The highest BCUT2D eigenvalue weighted by Gasteiger charge is 2.07. The number of rotatable bonds is 6. The molecule has 6 heteroatoms. The molecule has 0 bridgehead atoms. The van der Waals surface area contributed by atoms with E-state index in [0.29, 0.717) is 10.9 Å². The van der Waals surface area contributed by atoms with Gasteiger partial charge >= 0.3 is 0 Å². The molecule has 0 fully saturated rings. The second-order valence-electron chi connectivity index (χ2n) is 4.50. The minimum absolute atomic E-state index is 0.119. The van der Waals surface area contributed by atoms with Gasteiger partial charge < -0.3 is 5.32 Å². The van der Waals surface area contributed by atoms with Gasteiger partial charge in [-0.3, -0.25) is 4.79 Å². The Balaban J connectivity index is 1.89. The number of nitriles is 1. The van der Waals surface area contributed by atoms with E-state index < -0.39 is 0 Å². The average Bonchev–Trinajstić information content (AvgIpc) is 2.86. The quantitative estimate of drug-likeness (QED) is 0.831. The Bertz CT molecular complexity index is 661. The highest BCUT2D eigenvalue weighted by atomic mass is 32.2. The number of amides is 1. The first-order valence-corrected chi connectivity index (χ1v) is 8.39. The van der Waals surface area contributed by atoms with E-state index in [1.165, 1.54) is 34.2 Å². The molecule has 1 heterocycles. The summed E-state index contributed by atoms with van der Waals surface area (Å²) in [6, 6.07) is 10.3. The molecule has 0 atom stereocenters. The summed E-state index contributed by atoms with van der Waals surface area (Å²) in [5.74, 6) is 0.483. The van der Waals surface area contributed by atoms with Gasteiger partial charge in [-0.15, -0.1) is 23.1 Å². The molecule has 2 aromatic rings. The lowest BCUT2D eigenvalue weighted by atomic mass is 10.1. The van der Waals surface area contributed by atoms with Crippen LogP contribution in [0, 0.1) is 18.3 Å². The number of nitrogens with zero attached hydrogens (tertiary/aromatic N) is 2. The summed E-state index contributed by atoms with van der Waals surface area (Å²) >= 11 is 2.78. The molecule has 21 heavy (non-hydrogen) atoms. The van der Waals surface area contributed by atoms with Gasteiger partial charge in [0.2, 0.25) is 5.91 Å². The molecule has 1 aromatic carbocycles. The van der Waals surface area contributed by atoms with Gasteiger partial charge in [0, 0.05) is 17.5 Å². The highest BCUT2D eigenvalue weighted by Crippen LogP contribution is 2.21. The van der Waals surface area contributed by atoms with Crippen LogP contribution in [0.25, 0.3) is 0 Å². The number of aryl methyl sites for hydroxylation is 1. The Morgan fingerprint density at radius 2 is 2.38 bits per heavy atom. The van der Waals surface area contributed by atoms with Crippen molar-refractivity contribution in [1.29, 1.82) is 5.26 Å². The molecule has 0 aliphatic rings. The third-order valence-corrected chi connectivity index (χ3v) is 4.37. The minimum atomic E-state index is -0.119. The van der Waals surface area contributed by atoms with Crippen LogP contribution >= 0.6 is 23.1 Å². The fourth-order valence-corrected chi connectivity index (χ4v) is 3.13. The second-order valence-corrected chi connectivity index (χ2v) is 6.60. The van der Waals surface area contributed by atoms with Crippen LogP contribution in [0.5, 0.6) is 0 Å². The normalized spacial score (nSPS) is 10.1. The maximum atomic E-state index is 11.6. The monoisotopic (exact) mass is 317 g/mol. The fourth-order valence-electron chi connectivity index (χ4n) is 1.82. The van der Waals surface area contributed by atoms with Crippen molar-refractivity contribution in [2.45, 2.75) is 13.3 Å². The highest BCUT2D eigenvalue weighted by molar-refractivity contribution is 8.00. The average molecular weight is 317 g/mol. The van der Waals surface area contributed by atoms with Crippen LogP contribution in [-0.2, 0) is 11.2 Å². The van der Waals surface area contributed by atoms with Gasteiger partial charge in [-0.05, 0) is 12.5 Å². The lowest BCUT2D eigenvalue weighted by Crippen LogP contribution is -2.13. The number of carbonyl (C=O) groups is 1. The number of hydrogen-bond donors (Lipinski definition) is 1. The Morgan fingerprint density at radius 1 is 1.52 bits per heavy atom. The van der Waals surface area contributed by atoms with Crippen molar-refractivity contribution in [2.24, 2.45) is 0 Å². The zero-order chi connectivity index (χ0) is 15.1. The number of nitrogens with one attached hydrogen (secondary N) is 1. The number of hydrogen-bond acceptors (Lipinski definition) is 5. The summed E-state index contributed by atoms with van der Waals surface area (Å²) in [7, 11) is 0. The summed E-state index contributed by atoms with van der Waals surface area (Å²) in [6.07, 6.45) is 2.61. The lowest BCUT2D eigenvalue weighted by molar-refractivity contribution is -0.113. The zero-order valence-corrected chi connectivity index (χ0v) is 13.3. The lowest BCUT2D eigenvalue weighted by Gasteiger charge is -2.00. The number of carbonyl (C=O) groups excluding carboxylic acids is 1. The van der Waals surface area contributed by atoms with Crippen LogP contribution in [0.3, 0.4) is 0 Å². The smallest absolute Gasteiger partial charge is 0.236 e. The van der Waals surface area contributed by atoms with Crippen LogP contribution in [0.15, 0.2) is 30.5 Å². The van der Waals surface area contributed by atoms with Gasteiger partial charge in [0.05, 0.1) is 17.6 Å². The molecule has 1 N–H and O–H groups in total. The SMILES string of the molecule is Cc1cccc(Cc2cnc(NC(=O)CSCC#N)s2)c1. The van der Waals surface area contributed by atoms with E-state index in [2.05, 4.69) is 35.4 Å². The second kappa shape index (κ2) is 7.81. The van der Waals surface area contributed by atoms with Crippen molar-refractivity contribution in [3.05, 3.63) is 46.5 Å². The Morgan fingerprint density at radius 3 is 3.14 bits per heavy atom. The predicted molar refractivity (Wildman–Crippen MR) is 87.7 cm³/mol. The van der Waals surface area contributed by atoms with Crippen molar-refractivity contribution in [1.82, 2.24) is 4.98 Å². The van der Waals surface area contributed by atoms with Crippen molar-refractivity contribution in [2.75, 3.05) is 16.8 Å². The van der Waals surface area contributed by atoms with Gasteiger partial charge in [-0.2, -0.15) is 5.26 Å². The predicted octanol–water partition coefficient (Wildman–Crippen LogP) is 3.24. The summed E-state index contributed by atoms with van der Waals surface area (Å²) in [6.45, 7) is 2.07. The molecule has 1 amide bonds. The van der Waals surface area contributed by atoms with Crippen LogP contribution in [-0.4, -0.2) is 22.4 Å². The maximum absolute atomic E-state index is 11.6. The van der Waals surface area contributed by atoms with E-state index in [1.54, 1.807) is 6.20 Å². The van der Waals surface area contributed by atoms with Crippen molar-refractivity contribution in [3.8, 4) is 6.07 Å². The largest absolute Gasteiger partial charge is 0.301 e. The van der Waals surface area contributed by atoms with Gasteiger partial charge in [0.25, 0.3) is 0 Å². The number of thiazole rings is 1. The number of benzene rings is 1. The molecular formula is C15H15N3OS2. The van der Waals surface area contributed by atoms with E-state index >= 15 is 0 Å². The molecule has 4 nitrogen and oxygen atoms in total. The van der Waals surface area contributed by atoms with Gasteiger partial charge in [-0.25, -0.2) is 4.98 Å². The van der Waals surface area contributed by atoms with Gasteiger partial charge in [0.1, 0.15) is 0 Å². The van der Waals surface area contributed by atoms with Crippen LogP contribution in [0.2, 0.25) is 0 Å². The maximum Gasteiger partial charge on any atom is 0.236 e. The van der Waals surface area contributed by atoms with E-state index in [0.717, 1.165) is 11.3 Å². The molecular weight excluding hydrogens is 302 g/mol. The number of anilines is 1. The van der Waals surface area contributed by atoms with Gasteiger partial charge in [0.15, 0.2) is 5.13 Å². The Kier molecular flexibility index (Phi) is 5.78. The fraction of sp³-hybridized carbons (Fsp3) is 0.267. The molecule has 0 aliphatic heterocycles. The molecule has 108 valence electrons. The molecule has 1 aromatic heterocycles. The standard InChI is InChI=1S/C15H15N3OS2/c1-11-3-2-4-12(7-11)8-13-9-17-15(21-13)18-14(19)10-20-6-5-16/h2-4,7,9H,6,8,10H2,1H3,(H,17,18,19). The first-order valence-electron chi connectivity index (χ1n) is 6.42. The molecule has 0 saturated heterocycles. The van der Waals surface area contributed by atoms with E-state index in [-0.39, 0.29) is 11.7 Å². The minimum Gasteiger partial charge on any atom is -0.301 e. The zero-order valence-electron chi connectivity index (χ0n) is 11.6. The third-order valence-electron chi connectivity index (χ3n) is 2.66. The first-order chi connectivity index (χ1) is 10.2. The Labute approximate surface area is 132 Å².